The summed E-state index contributed by atoms with van der Waals surface area (Å²) in [6.45, 7) is 3.66. The fourth-order valence-electron chi connectivity index (χ4n) is 3.91. The highest BCUT2D eigenvalue weighted by atomic mass is 16.6. The Labute approximate surface area is 169 Å². The zero-order chi connectivity index (χ0) is 21.0. The van der Waals surface area contributed by atoms with E-state index in [9.17, 15) is 20.2 Å². The van der Waals surface area contributed by atoms with E-state index in [4.69, 9.17) is 6.42 Å². The molecule has 2 atom stereocenters. The van der Waals surface area contributed by atoms with Crippen LogP contribution in [-0.4, -0.2) is 58.0 Å². The Morgan fingerprint density at radius 2 is 2.10 bits per heavy atom. The quantitative estimate of drug-likeness (QED) is 0.455. The molecule has 0 bridgehead atoms. The van der Waals surface area contributed by atoms with Gasteiger partial charge in [-0.15, -0.1) is 6.42 Å². The summed E-state index contributed by atoms with van der Waals surface area (Å²) < 4.78 is 0. The molecule has 9 nitrogen and oxygen atoms in total. The number of amides is 1. The third kappa shape index (κ3) is 4.47. The topological polar surface area (TPSA) is 115 Å². The number of rotatable bonds is 5. The van der Waals surface area contributed by atoms with Crippen LogP contribution in [0, 0.1) is 33.8 Å². The number of nitrogens with one attached hydrogen (secondary N) is 1. The second-order valence-electron chi connectivity index (χ2n) is 7.74. The van der Waals surface area contributed by atoms with Crippen molar-refractivity contribution in [3.8, 4) is 18.4 Å². The maximum Gasteiger partial charge on any atom is 0.287 e. The molecule has 1 amide bonds. The molecule has 0 radical (unpaired) electrons. The largest absolute Gasteiger partial charge is 0.356 e. The van der Waals surface area contributed by atoms with Gasteiger partial charge >= 0.3 is 0 Å². The number of pyridine rings is 1. The summed E-state index contributed by atoms with van der Waals surface area (Å²) in [5.74, 6) is 3.18. The van der Waals surface area contributed by atoms with Gasteiger partial charge in [0.25, 0.3) is 5.69 Å². The fraction of sp³-hybridized carbons (Fsp3) is 0.550. The third-order valence-corrected chi connectivity index (χ3v) is 5.81. The van der Waals surface area contributed by atoms with E-state index in [1.165, 1.54) is 17.2 Å². The van der Waals surface area contributed by atoms with Gasteiger partial charge in [-0.3, -0.25) is 14.9 Å². The SMILES string of the molecule is C#C[C@H]1CC[C@@H](C#N)N1C(=O)CNC1(C)CCN(c2ccc([N+](=O)[O-])cn2)CC1. The Bertz CT molecular complexity index is 826. The molecule has 0 unspecified atom stereocenters. The molecular weight excluding hydrogens is 372 g/mol. The molecule has 2 saturated heterocycles. The molecule has 1 aromatic heterocycles. The second-order valence-corrected chi connectivity index (χ2v) is 7.74. The van der Waals surface area contributed by atoms with Crippen molar-refractivity contribution >= 4 is 17.4 Å². The van der Waals surface area contributed by atoms with Gasteiger partial charge in [0.2, 0.25) is 5.91 Å². The molecule has 1 aromatic rings. The monoisotopic (exact) mass is 396 g/mol. The lowest BCUT2D eigenvalue weighted by Crippen LogP contribution is -2.55. The number of anilines is 1. The van der Waals surface area contributed by atoms with E-state index in [-0.39, 0.29) is 29.7 Å². The van der Waals surface area contributed by atoms with E-state index in [1.54, 1.807) is 6.07 Å². The maximum absolute atomic E-state index is 12.7. The highest BCUT2D eigenvalue weighted by Gasteiger charge is 2.37. The molecular formula is C20H24N6O3. The summed E-state index contributed by atoms with van der Waals surface area (Å²) in [4.78, 5) is 30.8. The van der Waals surface area contributed by atoms with Crippen LogP contribution in [0.1, 0.15) is 32.6 Å². The van der Waals surface area contributed by atoms with Crippen molar-refractivity contribution < 1.29 is 9.72 Å². The molecule has 1 N–H and O–H groups in total. The minimum absolute atomic E-state index is 0.0290. The summed E-state index contributed by atoms with van der Waals surface area (Å²) in [5, 5.41) is 23.4. The first-order valence-corrected chi connectivity index (χ1v) is 9.64. The van der Waals surface area contributed by atoms with Gasteiger partial charge in [-0.1, -0.05) is 5.92 Å². The summed E-state index contributed by atoms with van der Waals surface area (Å²) in [5.41, 5.74) is -0.251. The van der Waals surface area contributed by atoms with Crippen LogP contribution in [0.2, 0.25) is 0 Å². The van der Waals surface area contributed by atoms with Gasteiger partial charge in [0.15, 0.2) is 0 Å². The smallest absolute Gasteiger partial charge is 0.287 e. The van der Waals surface area contributed by atoms with Crippen LogP contribution in [-0.2, 0) is 4.79 Å². The number of carbonyl (C=O) groups excluding carboxylic acids is 1. The Balaban J connectivity index is 1.54. The molecule has 0 spiro atoms. The lowest BCUT2D eigenvalue weighted by Gasteiger charge is -2.41. The molecule has 9 heteroatoms. The molecule has 29 heavy (non-hydrogen) atoms. The Hall–Kier alpha value is -3.17. The molecule has 0 aromatic carbocycles. The lowest BCUT2D eigenvalue weighted by atomic mass is 9.89. The average Bonchev–Trinajstić information content (AvgIpc) is 3.16. The average molecular weight is 396 g/mol. The molecule has 2 aliphatic rings. The highest BCUT2D eigenvalue weighted by molar-refractivity contribution is 5.80. The van der Waals surface area contributed by atoms with Crippen molar-refractivity contribution in [3.05, 3.63) is 28.4 Å². The lowest BCUT2D eigenvalue weighted by molar-refractivity contribution is -0.385. The molecule has 152 valence electrons. The second kappa shape index (κ2) is 8.46. The fourth-order valence-corrected chi connectivity index (χ4v) is 3.91. The number of carbonyl (C=O) groups is 1. The zero-order valence-corrected chi connectivity index (χ0v) is 16.4. The van der Waals surface area contributed by atoms with Crippen molar-refractivity contribution in [1.82, 2.24) is 15.2 Å². The minimum atomic E-state index is -0.465. The summed E-state index contributed by atoms with van der Waals surface area (Å²) in [7, 11) is 0. The number of piperidine rings is 1. The van der Waals surface area contributed by atoms with Gasteiger partial charge in [-0.05, 0) is 38.7 Å². The number of nitrogens with zero attached hydrogens (tertiary/aromatic N) is 5. The number of nitro groups is 1. The van der Waals surface area contributed by atoms with Gasteiger partial charge in [0, 0.05) is 24.7 Å². The first-order valence-electron chi connectivity index (χ1n) is 9.64. The van der Waals surface area contributed by atoms with E-state index >= 15 is 0 Å². The van der Waals surface area contributed by atoms with Crippen molar-refractivity contribution in [3.63, 3.8) is 0 Å². The van der Waals surface area contributed by atoms with Crippen LogP contribution in [0.4, 0.5) is 11.5 Å². The van der Waals surface area contributed by atoms with Crippen molar-refractivity contribution in [1.29, 1.82) is 5.26 Å². The van der Waals surface area contributed by atoms with Gasteiger partial charge in [-0.25, -0.2) is 4.98 Å². The van der Waals surface area contributed by atoms with Crippen LogP contribution in [0.15, 0.2) is 18.3 Å². The maximum atomic E-state index is 12.7. The third-order valence-electron chi connectivity index (χ3n) is 5.81. The van der Waals surface area contributed by atoms with Gasteiger partial charge in [0.1, 0.15) is 18.1 Å². The highest BCUT2D eigenvalue weighted by Crippen LogP contribution is 2.27. The van der Waals surface area contributed by atoms with E-state index < -0.39 is 11.0 Å². The van der Waals surface area contributed by atoms with Crippen LogP contribution >= 0.6 is 0 Å². The summed E-state index contributed by atoms with van der Waals surface area (Å²) in [6, 6.07) is 4.52. The van der Waals surface area contributed by atoms with E-state index in [0.29, 0.717) is 18.7 Å². The van der Waals surface area contributed by atoms with Crippen molar-refractivity contribution in [2.24, 2.45) is 0 Å². The Morgan fingerprint density at radius 3 is 2.66 bits per heavy atom. The molecule has 2 fully saturated rings. The summed E-state index contributed by atoms with van der Waals surface area (Å²) in [6.07, 6.45) is 9.65. The molecule has 0 aliphatic carbocycles. The first kappa shape index (κ1) is 20.6. The predicted octanol–water partition coefficient (Wildman–Crippen LogP) is 1.45. The van der Waals surface area contributed by atoms with Gasteiger partial charge in [-0.2, -0.15) is 5.26 Å². The van der Waals surface area contributed by atoms with Crippen molar-refractivity contribution in [2.75, 3.05) is 24.5 Å². The van der Waals surface area contributed by atoms with Gasteiger partial charge in [0.05, 0.1) is 23.6 Å². The number of nitriles is 1. The number of aromatic nitrogens is 1. The molecule has 3 rings (SSSR count). The molecule has 0 saturated carbocycles. The predicted molar refractivity (Wildman–Crippen MR) is 107 cm³/mol. The molecule has 2 aliphatic heterocycles. The van der Waals surface area contributed by atoms with Gasteiger partial charge < -0.3 is 15.1 Å². The number of likely N-dealkylation sites (tertiary alicyclic amines) is 1. The van der Waals surface area contributed by atoms with E-state index in [1.807, 2.05) is 0 Å². The van der Waals surface area contributed by atoms with Crippen LogP contribution in [0.25, 0.3) is 0 Å². The van der Waals surface area contributed by atoms with Crippen molar-refractivity contribution in [2.45, 2.75) is 50.2 Å². The number of terminal acetylenes is 1. The van der Waals surface area contributed by atoms with Crippen LogP contribution < -0.4 is 10.2 Å². The molecule has 3 heterocycles. The van der Waals surface area contributed by atoms with Crippen LogP contribution in [0.3, 0.4) is 0 Å². The standard InChI is InChI=1S/C20H24N6O3/c1-3-15-4-5-16(12-21)25(15)19(27)14-23-20(2)8-10-24(11-9-20)18-7-6-17(13-22-18)26(28)29/h1,6-7,13,15-16,23H,4-5,8-11,14H2,2H3/t15-,16-/m0/s1. The number of hydrogen-bond donors (Lipinski definition) is 1. The first-order chi connectivity index (χ1) is 13.9. The normalized spacial score (nSPS) is 23.3. The summed E-state index contributed by atoms with van der Waals surface area (Å²) >= 11 is 0. The Morgan fingerprint density at radius 1 is 1.41 bits per heavy atom. The Kier molecular flexibility index (Phi) is 6.00. The number of hydrogen-bond acceptors (Lipinski definition) is 7. The zero-order valence-electron chi connectivity index (χ0n) is 16.4. The van der Waals surface area contributed by atoms with E-state index in [0.717, 1.165) is 25.9 Å². The van der Waals surface area contributed by atoms with E-state index in [2.05, 4.69) is 34.1 Å². The minimum Gasteiger partial charge on any atom is -0.356 e. The van der Waals surface area contributed by atoms with Crippen LogP contribution in [0.5, 0.6) is 0 Å².